The summed E-state index contributed by atoms with van der Waals surface area (Å²) in [4.78, 5) is 10.8. The third-order valence-electron chi connectivity index (χ3n) is 4.86. The SMILES string of the molecule is CC(C)[Si](O)(CCCCCCc1c(F)cc(F)cc1F)C(C)C. The zero-order chi connectivity index (χ0) is 17.6. The highest BCUT2D eigenvalue weighted by Crippen LogP contribution is 2.34. The van der Waals surface area contributed by atoms with E-state index in [0.717, 1.165) is 37.4 Å². The van der Waals surface area contributed by atoms with Gasteiger partial charge in [0.25, 0.3) is 0 Å². The third kappa shape index (κ3) is 5.64. The fraction of sp³-hybridized carbons (Fsp3) is 0.667. The normalized spacial score (nSPS) is 12.4. The summed E-state index contributed by atoms with van der Waals surface area (Å²) in [6.45, 7) is 8.36. The summed E-state index contributed by atoms with van der Waals surface area (Å²) < 4.78 is 39.9. The monoisotopic (exact) mass is 346 g/mol. The molecule has 0 aliphatic rings. The highest BCUT2D eigenvalue weighted by Gasteiger charge is 2.37. The zero-order valence-electron chi connectivity index (χ0n) is 14.6. The molecule has 0 aliphatic carbocycles. The molecule has 0 bridgehead atoms. The van der Waals surface area contributed by atoms with E-state index < -0.39 is 25.8 Å². The molecule has 132 valence electrons. The summed E-state index contributed by atoms with van der Waals surface area (Å²) >= 11 is 0. The van der Waals surface area contributed by atoms with Gasteiger partial charge in [0.05, 0.1) is 0 Å². The van der Waals surface area contributed by atoms with Crippen LogP contribution >= 0.6 is 0 Å². The second kappa shape index (κ2) is 8.88. The van der Waals surface area contributed by atoms with Crippen LogP contribution in [-0.4, -0.2) is 13.1 Å². The molecule has 1 rings (SSSR count). The van der Waals surface area contributed by atoms with E-state index >= 15 is 0 Å². The molecule has 0 fully saturated rings. The highest BCUT2D eigenvalue weighted by atomic mass is 28.4. The van der Waals surface area contributed by atoms with Crippen LogP contribution in [0.25, 0.3) is 0 Å². The maximum absolute atomic E-state index is 13.5. The van der Waals surface area contributed by atoms with Crippen LogP contribution in [-0.2, 0) is 6.42 Å². The average Bonchev–Trinajstić information content (AvgIpc) is 2.43. The Kier molecular flexibility index (Phi) is 7.81. The van der Waals surface area contributed by atoms with Crippen molar-refractivity contribution in [3.63, 3.8) is 0 Å². The molecule has 0 unspecified atom stereocenters. The maximum atomic E-state index is 13.5. The standard InChI is InChI=1S/C18H29F3OSi/c1-13(2)23(22,14(3)4)10-8-6-5-7-9-16-17(20)11-15(19)12-18(16)21/h11-14,22H,5-10H2,1-4H3. The summed E-state index contributed by atoms with van der Waals surface area (Å²) in [7, 11) is -2.21. The fourth-order valence-electron chi connectivity index (χ4n) is 3.12. The molecule has 0 atom stereocenters. The minimum absolute atomic E-state index is 0.0263. The molecule has 0 saturated heterocycles. The summed E-state index contributed by atoms with van der Waals surface area (Å²) in [6, 6.07) is 2.34. The van der Waals surface area contributed by atoms with Gasteiger partial charge < -0.3 is 4.80 Å². The number of benzene rings is 1. The summed E-state index contributed by atoms with van der Waals surface area (Å²) in [5, 5.41) is 0. The van der Waals surface area contributed by atoms with Crippen molar-refractivity contribution in [1.29, 1.82) is 0 Å². The number of hydrogen-bond acceptors (Lipinski definition) is 1. The molecule has 1 aromatic carbocycles. The first-order valence-electron chi connectivity index (χ1n) is 8.54. The quantitative estimate of drug-likeness (QED) is 0.432. The number of unbranched alkanes of at least 4 members (excludes halogenated alkanes) is 3. The second-order valence-electron chi connectivity index (χ2n) is 7.06. The van der Waals surface area contributed by atoms with Gasteiger partial charge in [-0.05, 0) is 30.0 Å². The lowest BCUT2D eigenvalue weighted by Gasteiger charge is -2.33. The Morgan fingerprint density at radius 2 is 1.35 bits per heavy atom. The molecule has 1 N–H and O–H groups in total. The smallest absolute Gasteiger partial charge is 0.193 e. The molecule has 0 aromatic heterocycles. The van der Waals surface area contributed by atoms with Crippen LogP contribution in [0.2, 0.25) is 17.1 Å². The van der Waals surface area contributed by atoms with Crippen molar-refractivity contribution in [1.82, 2.24) is 0 Å². The summed E-state index contributed by atoms with van der Waals surface area (Å²) in [6.07, 6.45) is 3.71. The van der Waals surface area contributed by atoms with Crippen LogP contribution in [0.15, 0.2) is 12.1 Å². The molecule has 0 amide bonds. The summed E-state index contributed by atoms with van der Waals surface area (Å²) in [5.74, 6) is -2.48. The van der Waals surface area contributed by atoms with Gasteiger partial charge in [0.15, 0.2) is 8.32 Å². The minimum atomic E-state index is -2.21. The third-order valence-corrected chi connectivity index (χ3v) is 10.0. The predicted octanol–water partition coefficient (Wildman–Crippen LogP) is 5.96. The van der Waals surface area contributed by atoms with Crippen molar-refractivity contribution in [2.75, 3.05) is 0 Å². The Bertz CT molecular complexity index is 472. The molecular weight excluding hydrogens is 317 g/mol. The van der Waals surface area contributed by atoms with Crippen molar-refractivity contribution in [3.8, 4) is 0 Å². The molecule has 0 heterocycles. The van der Waals surface area contributed by atoms with Gasteiger partial charge in [-0.2, -0.15) is 0 Å². The molecule has 1 nitrogen and oxygen atoms in total. The van der Waals surface area contributed by atoms with Gasteiger partial charge in [-0.15, -0.1) is 0 Å². The Balaban J connectivity index is 2.37. The predicted molar refractivity (Wildman–Crippen MR) is 91.5 cm³/mol. The van der Waals surface area contributed by atoms with Crippen LogP contribution in [0, 0.1) is 17.5 Å². The van der Waals surface area contributed by atoms with Crippen LogP contribution in [0.3, 0.4) is 0 Å². The Morgan fingerprint density at radius 3 is 1.83 bits per heavy atom. The largest absolute Gasteiger partial charge is 0.431 e. The number of hydrogen-bond donors (Lipinski definition) is 1. The molecule has 0 aliphatic heterocycles. The van der Waals surface area contributed by atoms with Gasteiger partial charge in [-0.25, -0.2) is 13.2 Å². The van der Waals surface area contributed by atoms with Gasteiger partial charge in [0, 0.05) is 17.7 Å². The van der Waals surface area contributed by atoms with Gasteiger partial charge in [0.1, 0.15) is 17.5 Å². The van der Waals surface area contributed by atoms with Crippen LogP contribution in [0.4, 0.5) is 13.2 Å². The molecule has 0 spiro atoms. The van der Waals surface area contributed by atoms with Gasteiger partial charge in [-0.1, -0.05) is 47.0 Å². The number of rotatable bonds is 9. The highest BCUT2D eigenvalue weighted by molar-refractivity contribution is 6.75. The summed E-state index contributed by atoms with van der Waals surface area (Å²) in [5.41, 5.74) is 0.649. The van der Waals surface area contributed by atoms with E-state index in [1.54, 1.807) is 0 Å². The van der Waals surface area contributed by atoms with Gasteiger partial charge in [-0.3, -0.25) is 0 Å². The van der Waals surface area contributed by atoms with Crippen LogP contribution < -0.4 is 0 Å². The van der Waals surface area contributed by atoms with Crippen molar-refractivity contribution in [2.24, 2.45) is 0 Å². The topological polar surface area (TPSA) is 20.2 Å². The average molecular weight is 347 g/mol. The molecule has 5 heteroatoms. The fourth-order valence-corrected chi connectivity index (χ4v) is 6.42. The van der Waals surface area contributed by atoms with E-state index in [0.29, 0.717) is 17.5 Å². The zero-order valence-corrected chi connectivity index (χ0v) is 15.6. The lowest BCUT2D eigenvalue weighted by Crippen LogP contribution is -2.41. The molecular formula is C18H29F3OSi. The van der Waals surface area contributed by atoms with Crippen LogP contribution in [0.5, 0.6) is 0 Å². The van der Waals surface area contributed by atoms with E-state index in [-0.39, 0.29) is 12.0 Å². The van der Waals surface area contributed by atoms with Crippen molar-refractivity contribution in [3.05, 3.63) is 35.1 Å². The second-order valence-corrected chi connectivity index (χ2v) is 11.9. The van der Waals surface area contributed by atoms with Crippen LogP contribution in [0.1, 0.15) is 58.9 Å². The van der Waals surface area contributed by atoms with E-state index in [4.69, 9.17) is 0 Å². The van der Waals surface area contributed by atoms with Crippen molar-refractivity contribution < 1.29 is 18.0 Å². The Hall–Kier alpha value is -0.813. The van der Waals surface area contributed by atoms with Gasteiger partial charge in [0.2, 0.25) is 0 Å². The van der Waals surface area contributed by atoms with E-state index in [9.17, 15) is 18.0 Å². The first-order chi connectivity index (χ1) is 10.7. The molecule has 1 aromatic rings. The minimum Gasteiger partial charge on any atom is -0.431 e. The first kappa shape index (κ1) is 20.2. The first-order valence-corrected chi connectivity index (χ1v) is 10.8. The van der Waals surface area contributed by atoms with Crippen molar-refractivity contribution in [2.45, 2.75) is 76.9 Å². The van der Waals surface area contributed by atoms with Crippen molar-refractivity contribution >= 4 is 8.32 Å². The lowest BCUT2D eigenvalue weighted by molar-refractivity contribution is 0.481. The van der Waals surface area contributed by atoms with Gasteiger partial charge >= 0.3 is 0 Å². The Labute approximate surface area is 139 Å². The Morgan fingerprint density at radius 1 is 0.870 bits per heavy atom. The van der Waals surface area contributed by atoms with E-state index in [1.807, 2.05) is 0 Å². The van der Waals surface area contributed by atoms with E-state index in [2.05, 4.69) is 27.7 Å². The maximum Gasteiger partial charge on any atom is 0.193 e. The lowest BCUT2D eigenvalue weighted by atomic mass is 10.1. The molecule has 0 saturated carbocycles. The molecule has 0 radical (unpaired) electrons. The van der Waals surface area contributed by atoms with E-state index in [1.165, 1.54) is 0 Å². The molecule has 23 heavy (non-hydrogen) atoms. The number of halogens is 3.